The normalized spacial score (nSPS) is 13.1. The van der Waals surface area contributed by atoms with Gasteiger partial charge in [-0.3, -0.25) is 4.79 Å². The minimum atomic E-state index is -0.913. The zero-order chi connectivity index (χ0) is 21.2. The number of hydrogen-bond donors (Lipinski definition) is 1. The Kier molecular flexibility index (Phi) is 10.0. The van der Waals surface area contributed by atoms with Gasteiger partial charge in [-0.1, -0.05) is 33.1 Å². The average Bonchev–Trinajstić information content (AvgIpc) is 2.66. The lowest BCUT2D eigenvalue weighted by atomic mass is 9.96. The highest BCUT2D eigenvalue weighted by Gasteiger charge is 2.33. The predicted molar refractivity (Wildman–Crippen MR) is 111 cm³/mol. The molecule has 0 bridgehead atoms. The number of nitrogens with one attached hydrogen (secondary N) is 1. The van der Waals surface area contributed by atoms with Crippen molar-refractivity contribution in [3.8, 4) is 5.75 Å². The highest BCUT2D eigenvalue weighted by molar-refractivity contribution is 5.99. The highest BCUT2D eigenvalue weighted by Crippen LogP contribution is 2.27. The maximum absolute atomic E-state index is 13.0. The molecular weight excluding hydrogens is 358 g/mol. The van der Waals surface area contributed by atoms with Gasteiger partial charge in [0.15, 0.2) is 0 Å². The summed E-state index contributed by atoms with van der Waals surface area (Å²) < 4.78 is 16.4. The largest absolute Gasteiger partial charge is 0.490 e. The molecule has 0 aliphatic heterocycles. The van der Waals surface area contributed by atoms with Gasteiger partial charge in [0.05, 0.1) is 13.2 Å². The topological polar surface area (TPSA) is 73.9 Å². The van der Waals surface area contributed by atoms with Gasteiger partial charge in [-0.15, -0.1) is 0 Å². The lowest BCUT2D eigenvalue weighted by Gasteiger charge is -2.29. The molecule has 0 heterocycles. The fourth-order valence-corrected chi connectivity index (χ4v) is 2.79. The molecule has 1 aromatic carbocycles. The summed E-state index contributed by atoms with van der Waals surface area (Å²) >= 11 is 0. The summed E-state index contributed by atoms with van der Waals surface area (Å²) in [6.07, 6.45) is 4.43. The first-order valence-corrected chi connectivity index (χ1v) is 10.1. The van der Waals surface area contributed by atoms with E-state index in [4.69, 9.17) is 14.2 Å². The number of benzene rings is 1. The fourth-order valence-electron chi connectivity index (χ4n) is 2.79. The summed E-state index contributed by atoms with van der Waals surface area (Å²) in [6, 6.07) is 4.96. The van der Waals surface area contributed by atoms with Crippen molar-refractivity contribution in [3.63, 3.8) is 0 Å². The maximum atomic E-state index is 13.0. The lowest BCUT2D eigenvalue weighted by molar-refractivity contribution is -0.140. The number of rotatable bonds is 12. The molecule has 0 unspecified atom stereocenters. The van der Waals surface area contributed by atoms with Crippen LogP contribution >= 0.6 is 0 Å². The van der Waals surface area contributed by atoms with E-state index in [1.165, 1.54) is 7.11 Å². The standard InChI is InChI=1S/C22H35NO5/c1-7-9-10-13-22(5,27-14-8-2)21(25)23-17-11-12-19(28-16(3)4)18(15-17)20(24)26-6/h11-12,15-16H,7-10,13-14H2,1-6H3,(H,23,25)/t22-/m0/s1. The summed E-state index contributed by atoms with van der Waals surface area (Å²) in [5.74, 6) is -0.308. The Bertz CT molecular complexity index is 644. The van der Waals surface area contributed by atoms with Crippen LogP contribution < -0.4 is 10.1 Å². The first-order valence-electron chi connectivity index (χ1n) is 10.1. The molecule has 0 aliphatic carbocycles. The zero-order valence-electron chi connectivity index (χ0n) is 18.1. The molecule has 1 N–H and O–H groups in total. The third-order valence-corrected chi connectivity index (χ3v) is 4.37. The van der Waals surface area contributed by atoms with Crippen molar-refractivity contribution >= 4 is 17.6 Å². The van der Waals surface area contributed by atoms with E-state index in [-0.39, 0.29) is 17.6 Å². The quantitative estimate of drug-likeness (QED) is 0.401. The third kappa shape index (κ3) is 7.15. The molecule has 1 amide bonds. The average molecular weight is 394 g/mol. The van der Waals surface area contributed by atoms with Gasteiger partial charge in [-0.2, -0.15) is 0 Å². The van der Waals surface area contributed by atoms with Gasteiger partial charge in [-0.05, 0) is 51.8 Å². The Morgan fingerprint density at radius 1 is 1.14 bits per heavy atom. The Balaban J connectivity index is 3.04. The first kappa shape index (κ1) is 24.0. The lowest BCUT2D eigenvalue weighted by Crippen LogP contribution is -2.43. The number of ether oxygens (including phenoxy) is 3. The van der Waals surface area contributed by atoms with Gasteiger partial charge in [0.1, 0.15) is 16.9 Å². The molecule has 0 spiro atoms. The van der Waals surface area contributed by atoms with Crippen molar-refractivity contribution in [1.82, 2.24) is 0 Å². The number of esters is 1. The van der Waals surface area contributed by atoms with E-state index < -0.39 is 11.6 Å². The zero-order valence-corrected chi connectivity index (χ0v) is 18.1. The molecule has 28 heavy (non-hydrogen) atoms. The van der Waals surface area contributed by atoms with Gasteiger partial charge >= 0.3 is 5.97 Å². The van der Waals surface area contributed by atoms with Crippen LogP contribution in [0.15, 0.2) is 18.2 Å². The molecule has 0 saturated carbocycles. The summed E-state index contributed by atoms with van der Waals surface area (Å²) in [6.45, 7) is 10.2. The van der Waals surface area contributed by atoms with E-state index in [1.54, 1.807) is 18.2 Å². The van der Waals surface area contributed by atoms with Crippen molar-refractivity contribution in [2.75, 3.05) is 19.0 Å². The van der Waals surface area contributed by atoms with Gasteiger partial charge in [0.2, 0.25) is 0 Å². The highest BCUT2D eigenvalue weighted by atomic mass is 16.5. The van der Waals surface area contributed by atoms with Crippen LogP contribution in [-0.2, 0) is 14.3 Å². The fraction of sp³-hybridized carbons (Fsp3) is 0.636. The van der Waals surface area contributed by atoms with Crippen LogP contribution in [0.5, 0.6) is 5.75 Å². The molecule has 6 heteroatoms. The predicted octanol–water partition coefficient (Wildman–Crippen LogP) is 4.96. The number of anilines is 1. The van der Waals surface area contributed by atoms with Crippen molar-refractivity contribution in [1.29, 1.82) is 0 Å². The molecule has 0 saturated heterocycles. The Hall–Kier alpha value is -2.08. The number of carbonyl (C=O) groups excluding carboxylic acids is 2. The molecule has 0 aliphatic rings. The van der Waals surface area contributed by atoms with Gasteiger partial charge in [-0.25, -0.2) is 4.79 Å². The molecule has 0 aromatic heterocycles. The smallest absolute Gasteiger partial charge is 0.341 e. The van der Waals surface area contributed by atoms with Crippen molar-refractivity contribution in [2.24, 2.45) is 0 Å². The monoisotopic (exact) mass is 393 g/mol. The Morgan fingerprint density at radius 3 is 2.43 bits per heavy atom. The number of methoxy groups -OCH3 is 1. The van der Waals surface area contributed by atoms with E-state index in [1.807, 2.05) is 27.7 Å². The Labute approximate surface area is 168 Å². The number of unbranched alkanes of at least 4 members (excludes halogenated alkanes) is 2. The number of carbonyl (C=O) groups is 2. The van der Waals surface area contributed by atoms with E-state index >= 15 is 0 Å². The van der Waals surface area contributed by atoms with Crippen LogP contribution in [-0.4, -0.2) is 37.3 Å². The van der Waals surface area contributed by atoms with Crippen LogP contribution in [0.4, 0.5) is 5.69 Å². The summed E-state index contributed by atoms with van der Waals surface area (Å²) in [5.41, 5.74) is -0.136. The molecule has 1 rings (SSSR count). The van der Waals surface area contributed by atoms with E-state index in [0.29, 0.717) is 24.5 Å². The second-order valence-electron chi connectivity index (χ2n) is 7.36. The van der Waals surface area contributed by atoms with E-state index in [2.05, 4.69) is 12.2 Å². The van der Waals surface area contributed by atoms with Gasteiger partial charge < -0.3 is 19.5 Å². The Morgan fingerprint density at radius 2 is 1.86 bits per heavy atom. The van der Waals surface area contributed by atoms with Crippen molar-refractivity contribution in [3.05, 3.63) is 23.8 Å². The maximum Gasteiger partial charge on any atom is 0.341 e. The van der Waals surface area contributed by atoms with Crippen LogP contribution in [0.3, 0.4) is 0 Å². The molecule has 6 nitrogen and oxygen atoms in total. The molecule has 0 fully saturated rings. The van der Waals surface area contributed by atoms with Gasteiger partial charge in [0.25, 0.3) is 5.91 Å². The number of amides is 1. The SMILES string of the molecule is CCCCC[C@](C)(OCCC)C(=O)Nc1ccc(OC(C)C)c(C(=O)OC)c1. The van der Waals surface area contributed by atoms with Crippen LogP contribution in [0.2, 0.25) is 0 Å². The number of hydrogen-bond acceptors (Lipinski definition) is 5. The van der Waals surface area contributed by atoms with Gasteiger partial charge in [0, 0.05) is 12.3 Å². The molecule has 158 valence electrons. The molecule has 1 atom stereocenters. The molecule has 0 radical (unpaired) electrons. The summed E-state index contributed by atoms with van der Waals surface area (Å²) in [4.78, 5) is 25.1. The van der Waals surface area contributed by atoms with Crippen molar-refractivity contribution in [2.45, 2.75) is 78.4 Å². The molecular formula is C22H35NO5. The second kappa shape index (κ2) is 11.7. The van der Waals surface area contributed by atoms with Crippen LogP contribution in [0.1, 0.15) is 77.1 Å². The minimum Gasteiger partial charge on any atom is -0.490 e. The minimum absolute atomic E-state index is 0.0897. The summed E-state index contributed by atoms with van der Waals surface area (Å²) in [7, 11) is 1.32. The van der Waals surface area contributed by atoms with E-state index in [0.717, 1.165) is 25.7 Å². The third-order valence-electron chi connectivity index (χ3n) is 4.37. The summed E-state index contributed by atoms with van der Waals surface area (Å²) in [5, 5.41) is 2.89. The van der Waals surface area contributed by atoms with Crippen LogP contribution in [0, 0.1) is 0 Å². The second-order valence-corrected chi connectivity index (χ2v) is 7.36. The molecule has 1 aromatic rings. The first-order chi connectivity index (χ1) is 13.3. The van der Waals surface area contributed by atoms with E-state index in [9.17, 15) is 9.59 Å². The van der Waals surface area contributed by atoms with Crippen molar-refractivity contribution < 1.29 is 23.8 Å². The van der Waals surface area contributed by atoms with Crippen LogP contribution in [0.25, 0.3) is 0 Å².